The number of benzene rings is 1. The number of ether oxygens (including phenoxy) is 1. The smallest absolute Gasteiger partial charge is 0.471 e. The predicted molar refractivity (Wildman–Crippen MR) is 68.0 cm³/mol. The summed E-state index contributed by atoms with van der Waals surface area (Å²) in [5.74, 6) is -1.20. The molecule has 0 aromatic heterocycles. The summed E-state index contributed by atoms with van der Waals surface area (Å²) in [6.07, 6.45) is -3.99. The summed E-state index contributed by atoms with van der Waals surface area (Å²) in [5.41, 5.74) is 2.08. The van der Waals surface area contributed by atoms with Crippen molar-refractivity contribution in [1.29, 1.82) is 0 Å². The average Bonchev–Trinajstić information content (AvgIpc) is 2.80. The van der Waals surface area contributed by atoms with E-state index in [0.29, 0.717) is 12.3 Å². The Morgan fingerprint density at radius 3 is 2.85 bits per heavy atom. The first-order valence-electron chi connectivity index (χ1n) is 6.18. The molecule has 110 valence electrons. The molecule has 1 amide bonds. The first-order chi connectivity index (χ1) is 9.41. The summed E-state index contributed by atoms with van der Waals surface area (Å²) >= 11 is 0. The number of hydrogen-bond donors (Lipinski definition) is 1. The minimum Gasteiger partial charge on any atom is -0.497 e. The topological polar surface area (TPSA) is 41.6 Å². The van der Waals surface area contributed by atoms with E-state index in [0.717, 1.165) is 24.2 Å². The maximum absolute atomic E-state index is 12.0. The van der Waals surface area contributed by atoms with Crippen molar-refractivity contribution >= 4 is 11.6 Å². The molecule has 0 unspecified atom stereocenters. The fraction of sp³-hybridized carbons (Fsp3) is 0.462. The van der Waals surface area contributed by atoms with Gasteiger partial charge in [0.1, 0.15) is 5.75 Å². The van der Waals surface area contributed by atoms with Gasteiger partial charge in [-0.15, -0.1) is 0 Å². The Kier molecular flexibility index (Phi) is 4.06. The van der Waals surface area contributed by atoms with Crippen molar-refractivity contribution in [1.82, 2.24) is 5.32 Å². The molecule has 0 fully saturated rings. The molecular formula is C13H15F3N2O2. The van der Waals surface area contributed by atoms with Crippen LogP contribution in [0.25, 0.3) is 0 Å². The van der Waals surface area contributed by atoms with Crippen molar-refractivity contribution in [3.63, 3.8) is 0 Å². The third kappa shape index (κ3) is 3.15. The van der Waals surface area contributed by atoms with Gasteiger partial charge < -0.3 is 15.0 Å². The number of carbonyl (C=O) groups is 1. The van der Waals surface area contributed by atoms with Gasteiger partial charge in [0, 0.05) is 31.4 Å². The lowest BCUT2D eigenvalue weighted by Gasteiger charge is -2.20. The lowest BCUT2D eigenvalue weighted by molar-refractivity contribution is -0.173. The lowest BCUT2D eigenvalue weighted by atomic mass is 10.1. The zero-order valence-electron chi connectivity index (χ0n) is 11.0. The third-order valence-electron chi connectivity index (χ3n) is 3.21. The maximum atomic E-state index is 12.0. The Morgan fingerprint density at radius 2 is 2.20 bits per heavy atom. The van der Waals surface area contributed by atoms with Crippen LogP contribution in [0, 0.1) is 0 Å². The Labute approximate surface area is 114 Å². The van der Waals surface area contributed by atoms with Crippen LogP contribution in [0.2, 0.25) is 0 Å². The van der Waals surface area contributed by atoms with Gasteiger partial charge in [0.15, 0.2) is 0 Å². The number of nitrogens with one attached hydrogen (secondary N) is 1. The Bertz CT molecular complexity index is 503. The van der Waals surface area contributed by atoms with Gasteiger partial charge in [0.25, 0.3) is 0 Å². The van der Waals surface area contributed by atoms with E-state index < -0.39 is 12.1 Å². The molecule has 0 atom stereocenters. The van der Waals surface area contributed by atoms with Crippen LogP contribution in [-0.4, -0.2) is 38.8 Å². The summed E-state index contributed by atoms with van der Waals surface area (Å²) in [6.45, 7) is 1.02. The SMILES string of the molecule is COc1ccc2c(c1)N(CCNC(=O)C(F)(F)F)CC2. The number of carbonyl (C=O) groups excluding carboxylic acids is 1. The molecule has 7 heteroatoms. The molecule has 1 aromatic rings. The van der Waals surface area contributed by atoms with Gasteiger partial charge in [-0.3, -0.25) is 4.79 Å². The number of alkyl halides is 3. The van der Waals surface area contributed by atoms with Crippen molar-refractivity contribution in [2.24, 2.45) is 0 Å². The first kappa shape index (κ1) is 14.5. The van der Waals surface area contributed by atoms with E-state index in [1.807, 2.05) is 28.4 Å². The van der Waals surface area contributed by atoms with Crippen molar-refractivity contribution in [3.8, 4) is 5.75 Å². The Hall–Kier alpha value is -1.92. The van der Waals surface area contributed by atoms with Crippen molar-refractivity contribution in [3.05, 3.63) is 23.8 Å². The Morgan fingerprint density at radius 1 is 1.45 bits per heavy atom. The van der Waals surface area contributed by atoms with Gasteiger partial charge in [0.05, 0.1) is 7.11 Å². The normalized spacial score (nSPS) is 14.1. The van der Waals surface area contributed by atoms with Crippen molar-refractivity contribution < 1.29 is 22.7 Å². The molecule has 1 aromatic carbocycles. The molecule has 1 heterocycles. The summed E-state index contributed by atoms with van der Waals surface area (Å²) in [6, 6.07) is 5.66. The van der Waals surface area contributed by atoms with Crippen LogP contribution in [0.5, 0.6) is 5.75 Å². The Balaban J connectivity index is 1.92. The van der Waals surface area contributed by atoms with E-state index >= 15 is 0 Å². The van der Waals surface area contributed by atoms with E-state index in [1.54, 1.807) is 7.11 Å². The van der Waals surface area contributed by atoms with Crippen LogP contribution >= 0.6 is 0 Å². The van der Waals surface area contributed by atoms with Crippen LogP contribution in [-0.2, 0) is 11.2 Å². The monoisotopic (exact) mass is 288 g/mol. The summed E-state index contributed by atoms with van der Waals surface area (Å²) in [7, 11) is 1.56. The molecule has 0 radical (unpaired) electrons. The molecule has 1 aliphatic heterocycles. The van der Waals surface area contributed by atoms with E-state index in [9.17, 15) is 18.0 Å². The third-order valence-corrected chi connectivity index (χ3v) is 3.21. The highest BCUT2D eigenvalue weighted by molar-refractivity contribution is 5.81. The fourth-order valence-electron chi connectivity index (χ4n) is 2.19. The van der Waals surface area contributed by atoms with E-state index in [1.165, 1.54) is 0 Å². The number of halogens is 3. The number of nitrogens with zero attached hydrogens (tertiary/aromatic N) is 1. The standard InChI is InChI=1S/C13H15F3N2O2/c1-20-10-3-2-9-4-6-18(11(9)8-10)7-5-17-12(19)13(14,15)16/h2-3,8H,4-7H2,1H3,(H,17,19). The molecule has 0 aliphatic carbocycles. The fourth-order valence-corrected chi connectivity index (χ4v) is 2.19. The summed E-state index contributed by atoms with van der Waals surface area (Å²) in [4.78, 5) is 12.6. The van der Waals surface area contributed by atoms with Gasteiger partial charge >= 0.3 is 12.1 Å². The van der Waals surface area contributed by atoms with E-state index in [-0.39, 0.29) is 6.54 Å². The molecule has 1 aliphatic rings. The zero-order chi connectivity index (χ0) is 14.8. The molecule has 20 heavy (non-hydrogen) atoms. The molecule has 0 saturated carbocycles. The van der Waals surface area contributed by atoms with Crippen LogP contribution in [0.3, 0.4) is 0 Å². The molecule has 0 spiro atoms. The second-order valence-corrected chi connectivity index (χ2v) is 4.49. The van der Waals surface area contributed by atoms with Crippen molar-refractivity contribution in [2.45, 2.75) is 12.6 Å². The molecule has 2 rings (SSSR count). The van der Waals surface area contributed by atoms with Crippen LogP contribution in [0.1, 0.15) is 5.56 Å². The van der Waals surface area contributed by atoms with Crippen LogP contribution < -0.4 is 15.0 Å². The van der Waals surface area contributed by atoms with Gasteiger partial charge in [-0.05, 0) is 18.1 Å². The molecule has 1 N–H and O–H groups in total. The highest BCUT2D eigenvalue weighted by Gasteiger charge is 2.38. The van der Waals surface area contributed by atoms with Gasteiger partial charge in [-0.1, -0.05) is 6.07 Å². The number of rotatable bonds is 4. The summed E-state index contributed by atoms with van der Waals surface area (Å²) < 4.78 is 41.3. The second kappa shape index (κ2) is 5.60. The number of methoxy groups -OCH3 is 1. The van der Waals surface area contributed by atoms with Gasteiger partial charge in [-0.2, -0.15) is 13.2 Å². The van der Waals surface area contributed by atoms with Gasteiger partial charge in [-0.25, -0.2) is 0 Å². The number of hydrogen-bond acceptors (Lipinski definition) is 3. The largest absolute Gasteiger partial charge is 0.497 e. The molecule has 4 nitrogen and oxygen atoms in total. The highest BCUT2D eigenvalue weighted by atomic mass is 19.4. The van der Waals surface area contributed by atoms with E-state index in [2.05, 4.69) is 0 Å². The average molecular weight is 288 g/mol. The quantitative estimate of drug-likeness (QED) is 0.917. The van der Waals surface area contributed by atoms with E-state index in [4.69, 9.17) is 4.74 Å². The number of anilines is 1. The predicted octanol–water partition coefficient (Wildman–Crippen LogP) is 1.74. The minimum absolute atomic E-state index is 0.0466. The first-order valence-corrected chi connectivity index (χ1v) is 6.18. The number of amides is 1. The minimum atomic E-state index is -4.83. The van der Waals surface area contributed by atoms with Crippen molar-refractivity contribution in [2.75, 3.05) is 31.6 Å². The van der Waals surface area contributed by atoms with Crippen LogP contribution in [0.4, 0.5) is 18.9 Å². The molecule has 0 saturated heterocycles. The second-order valence-electron chi connectivity index (χ2n) is 4.49. The van der Waals surface area contributed by atoms with Gasteiger partial charge in [0.2, 0.25) is 0 Å². The maximum Gasteiger partial charge on any atom is 0.471 e. The number of fused-ring (bicyclic) bond motifs is 1. The lowest BCUT2D eigenvalue weighted by Crippen LogP contribution is -2.41. The highest BCUT2D eigenvalue weighted by Crippen LogP contribution is 2.31. The molecular weight excluding hydrogens is 273 g/mol. The van der Waals surface area contributed by atoms with Crippen LogP contribution in [0.15, 0.2) is 18.2 Å². The molecule has 0 bridgehead atoms. The zero-order valence-corrected chi connectivity index (χ0v) is 11.0. The summed E-state index contributed by atoms with van der Waals surface area (Å²) in [5, 5.41) is 1.87.